The highest BCUT2D eigenvalue weighted by molar-refractivity contribution is 6.30. The molecule has 1 fully saturated rings. The minimum atomic E-state index is -0.193. The molecule has 76 valence electrons. The third-order valence-corrected chi connectivity index (χ3v) is 2.81. The number of hydrogen-bond acceptors (Lipinski definition) is 2. The van der Waals surface area contributed by atoms with Crippen LogP contribution >= 0.6 is 11.6 Å². The summed E-state index contributed by atoms with van der Waals surface area (Å²) in [5, 5.41) is 0.732. The van der Waals surface area contributed by atoms with Crippen LogP contribution in [0.15, 0.2) is 12.1 Å². The third-order valence-electron chi connectivity index (χ3n) is 2.59. The van der Waals surface area contributed by atoms with E-state index in [4.69, 9.17) is 21.1 Å². The van der Waals surface area contributed by atoms with Gasteiger partial charge < -0.3 is 9.47 Å². The van der Waals surface area contributed by atoms with Crippen LogP contribution in [-0.2, 0) is 10.3 Å². The van der Waals surface area contributed by atoms with Crippen LogP contribution < -0.4 is 4.74 Å². The lowest BCUT2D eigenvalue weighted by Crippen LogP contribution is -2.06. The maximum atomic E-state index is 6.00. The molecule has 0 bridgehead atoms. The van der Waals surface area contributed by atoms with Gasteiger partial charge in [0.2, 0.25) is 0 Å². The Morgan fingerprint density at radius 1 is 1.50 bits per heavy atom. The molecule has 1 heterocycles. The Morgan fingerprint density at radius 3 is 2.64 bits per heavy atom. The van der Waals surface area contributed by atoms with E-state index in [1.807, 2.05) is 26.0 Å². The van der Waals surface area contributed by atoms with E-state index in [2.05, 4.69) is 0 Å². The topological polar surface area (TPSA) is 21.8 Å². The zero-order valence-corrected chi connectivity index (χ0v) is 9.31. The fraction of sp³-hybridized carbons (Fsp3) is 0.455. The lowest BCUT2D eigenvalue weighted by atomic mass is 9.98. The van der Waals surface area contributed by atoms with Crippen LogP contribution in [0, 0.1) is 6.92 Å². The van der Waals surface area contributed by atoms with Gasteiger partial charge in [-0.05, 0) is 31.5 Å². The molecule has 0 radical (unpaired) electrons. The number of benzene rings is 1. The summed E-state index contributed by atoms with van der Waals surface area (Å²) in [4.78, 5) is 0. The van der Waals surface area contributed by atoms with E-state index in [-0.39, 0.29) is 5.60 Å². The predicted octanol–water partition coefficient (Wildman–Crippen LogP) is 2.90. The van der Waals surface area contributed by atoms with E-state index < -0.39 is 0 Å². The van der Waals surface area contributed by atoms with Gasteiger partial charge in [-0.1, -0.05) is 11.6 Å². The molecule has 0 aliphatic carbocycles. The van der Waals surface area contributed by atoms with Crippen molar-refractivity contribution in [2.45, 2.75) is 19.4 Å². The van der Waals surface area contributed by atoms with Gasteiger partial charge in [0.15, 0.2) is 0 Å². The molecule has 3 heteroatoms. The lowest BCUT2D eigenvalue weighted by molar-refractivity contribution is 0.315. The second-order valence-electron chi connectivity index (χ2n) is 3.82. The zero-order chi connectivity index (χ0) is 10.3. The summed E-state index contributed by atoms with van der Waals surface area (Å²) >= 11 is 6.00. The predicted molar refractivity (Wildman–Crippen MR) is 56.0 cm³/mol. The van der Waals surface area contributed by atoms with Crippen LogP contribution in [0.1, 0.15) is 18.1 Å². The van der Waals surface area contributed by atoms with Gasteiger partial charge in [-0.15, -0.1) is 0 Å². The lowest BCUT2D eigenvalue weighted by Gasteiger charge is -2.14. The summed E-state index contributed by atoms with van der Waals surface area (Å²) < 4.78 is 10.8. The van der Waals surface area contributed by atoms with E-state index in [9.17, 15) is 0 Å². The average Bonchev–Trinajstić information content (AvgIpc) is 2.84. The molecule has 0 spiro atoms. The number of ether oxygens (including phenoxy) is 2. The van der Waals surface area contributed by atoms with Crippen molar-refractivity contribution in [1.82, 2.24) is 0 Å². The Balaban J connectivity index is 2.56. The molecule has 14 heavy (non-hydrogen) atoms. The van der Waals surface area contributed by atoms with Crippen LogP contribution in [0.3, 0.4) is 0 Å². The van der Waals surface area contributed by atoms with Crippen molar-refractivity contribution in [3.8, 4) is 5.75 Å². The van der Waals surface area contributed by atoms with Crippen LogP contribution in [-0.4, -0.2) is 13.7 Å². The van der Waals surface area contributed by atoms with Crippen molar-refractivity contribution in [2.75, 3.05) is 13.7 Å². The maximum absolute atomic E-state index is 6.00. The molecule has 1 atom stereocenters. The fourth-order valence-electron chi connectivity index (χ4n) is 1.66. The molecule has 0 saturated carbocycles. The van der Waals surface area contributed by atoms with E-state index in [1.54, 1.807) is 7.11 Å². The monoisotopic (exact) mass is 212 g/mol. The first-order valence-electron chi connectivity index (χ1n) is 4.55. The number of rotatable bonds is 2. The average molecular weight is 213 g/mol. The molecular formula is C11H13ClO2. The Hall–Kier alpha value is -0.730. The molecular weight excluding hydrogens is 200 g/mol. The summed E-state index contributed by atoms with van der Waals surface area (Å²) in [7, 11) is 1.67. The summed E-state index contributed by atoms with van der Waals surface area (Å²) in [6.45, 7) is 4.77. The smallest absolute Gasteiger partial charge is 0.128 e. The molecule has 2 rings (SSSR count). The Kier molecular flexibility index (Phi) is 2.20. The summed E-state index contributed by atoms with van der Waals surface area (Å²) in [6, 6.07) is 3.82. The van der Waals surface area contributed by atoms with E-state index in [0.717, 1.165) is 28.5 Å². The Labute approximate surface area is 88.8 Å². The highest BCUT2D eigenvalue weighted by atomic mass is 35.5. The SMILES string of the molecule is COc1c(C)cc(Cl)cc1C1(C)CO1. The number of hydrogen-bond donors (Lipinski definition) is 0. The van der Waals surface area contributed by atoms with Crippen molar-refractivity contribution in [3.05, 3.63) is 28.3 Å². The maximum Gasteiger partial charge on any atom is 0.128 e. The first-order valence-corrected chi connectivity index (χ1v) is 4.93. The summed E-state index contributed by atoms with van der Waals surface area (Å²) in [6.07, 6.45) is 0. The first-order chi connectivity index (χ1) is 6.57. The largest absolute Gasteiger partial charge is 0.496 e. The van der Waals surface area contributed by atoms with Crippen molar-refractivity contribution in [2.24, 2.45) is 0 Å². The fourth-order valence-corrected chi connectivity index (χ4v) is 1.93. The van der Waals surface area contributed by atoms with E-state index in [0.29, 0.717) is 0 Å². The highest BCUT2D eigenvalue weighted by Crippen LogP contribution is 2.44. The molecule has 1 aliphatic rings. The third kappa shape index (κ3) is 1.49. The van der Waals surface area contributed by atoms with Gasteiger partial charge in [0, 0.05) is 10.6 Å². The minimum Gasteiger partial charge on any atom is -0.496 e. The Bertz CT molecular complexity index is 370. The molecule has 1 unspecified atom stereocenters. The van der Waals surface area contributed by atoms with Crippen LogP contribution in [0.2, 0.25) is 5.02 Å². The number of halogens is 1. The molecule has 0 N–H and O–H groups in total. The van der Waals surface area contributed by atoms with Crippen molar-refractivity contribution in [3.63, 3.8) is 0 Å². The van der Waals surface area contributed by atoms with Gasteiger partial charge in [-0.3, -0.25) is 0 Å². The molecule has 2 nitrogen and oxygen atoms in total. The van der Waals surface area contributed by atoms with Crippen LogP contribution in [0.4, 0.5) is 0 Å². The Morgan fingerprint density at radius 2 is 2.14 bits per heavy atom. The van der Waals surface area contributed by atoms with Gasteiger partial charge in [-0.2, -0.15) is 0 Å². The molecule has 1 saturated heterocycles. The quantitative estimate of drug-likeness (QED) is 0.704. The van der Waals surface area contributed by atoms with Crippen LogP contribution in [0.5, 0.6) is 5.75 Å². The number of methoxy groups -OCH3 is 1. The second-order valence-corrected chi connectivity index (χ2v) is 4.26. The van der Waals surface area contributed by atoms with Crippen molar-refractivity contribution >= 4 is 11.6 Å². The summed E-state index contributed by atoms with van der Waals surface area (Å²) in [5.74, 6) is 0.884. The molecule has 1 aliphatic heterocycles. The zero-order valence-electron chi connectivity index (χ0n) is 8.56. The van der Waals surface area contributed by atoms with Gasteiger partial charge in [0.1, 0.15) is 11.4 Å². The van der Waals surface area contributed by atoms with Crippen molar-refractivity contribution in [1.29, 1.82) is 0 Å². The highest BCUT2D eigenvalue weighted by Gasteiger charge is 2.43. The molecule has 0 aromatic heterocycles. The first kappa shape index (κ1) is 9.81. The standard InChI is InChI=1S/C11H13ClO2/c1-7-4-8(12)5-9(10(7)13-3)11(2)6-14-11/h4-5H,6H2,1-3H3. The normalized spacial score (nSPS) is 24.9. The molecule has 1 aromatic rings. The van der Waals surface area contributed by atoms with Gasteiger partial charge in [0.25, 0.3) is 0 Å². The number of aryl methyl sites for hydroxylation is 1. The molecule has 1 aromatic carbocycles. The van der Waals surface area contributed by atoms with Gasteiger partial charge >= 0.3 is 0 Å². The second kappa shape index (κ2) is 3.14. The van der Waals surface area contributed by atoms with Crippen molar-refractivity contribution < 1.29 is 9.47 Å². The minimum absolute atomic E-state index is 0.193. The van der Waals surface area contributed by atoms with Crippen LogP contribution in [0.25, 0.3) is 0 Å². The van der Waals surface area contributed by atoms with E-state index >= 15 is 0 Å². The van der Waals surface area contributed by atoms with Gasteiger partial charge in [-0.25, -0.2) is 0 Å². The summed E-state index contributed by atoms with van der Waals surface area (Å²) in [5.41, 5.74) is 1.90. The van der Waals surface area contributed by atoms with E-state index in [1.165, 1.54) is 0 Å². The van der Waals surface area contributed by atoms with Gasteiger partial charge in [0.05, 0.1) is 13.7 Å². The number of epoxide rings is 1. The molecule has 0 amide bonds.